The SMILES string of the molecule is CC(=O)c1cc(C)c(O)cc1Br.CCO. The molecule has 4 heteroatoms. The fraction of sp³-hybridized carbons (Fsp3) is 0.364. The molecule has 0 radical (unpaired) electrons. The molecule has 15 heavy (non-hydrogen) atoms. The zero-order chi connectivity index (χ0) is 12.0. The molecule has 0 aliphatic carbocycles. The summed E-state index contributed by atoms with van der Waals surface area (Å²) in [5.41, 5.74) is 1.31. The van der Waals surface area contributed by atoms with E-state index < -0.39 is 0 Å². The maximum atomic E-state index is 11.0. The summed E-state index contributed by atoms with van der Waals surface area (Å²) < 4.78 is 0.637. The number of benzene rings is 1. The molecule has 1 rings (SSSR count). The summed E-state index contributed by atoms with van der Waals surface area (Å²) in [5.74, 6) is 0.192. The molecule has 0 aliphatic rings. The summed E-state index contributed by atoms with van der Waals surface area (Å²) in [6.07, 6.45) is 0. The van der Waals surface area contributed by atoms with Crippen molar-refractivity contribution in [1.29, 1.82) is 0 Å². The van der Waals surface area contributed by atoms with Crippen LogP contribution in [0.1, 0.15) is 29.8 Å². The number of aliphatic hydroxyl groups is 1. The van der Waals surface area contributed by atoms with Gasteiger partial charge >= 0.3 is 0 Å². The van der Waals surface area contributed by atoms with Gasteiger partial charge in [0.05, 0.1) is 0 Å². The molecule has 84 valence electrons. The van der Waals surface area contributed by atoms with Gasteiger partial charge in [0, 0.05) is 16.6 Å². The van der Waals surface area contributed by atoms with Crippen LogP contribution in [0, 0.1) is 6.92 Å². The van der Waals surface area contributed by atoms with Crippen LogP contribution in [0.25, 0.3) is 0 Å². The third kappa shape index (κ3) is 4.44. The van der Waals surface area contributed by atoms with Crippen LogP contribution in [0.4, 0.5) is 0 Å². The van der Waals surface area contributed by atoms with Gasteiger partial charge in [-0.1, -0.05) is 0 Å². The van der Waals surface area contributed by atoms with Gasteiger partial charge < -0.3 is 10.2 Å². The first-order valence-electron chi connectivity index (χ1n) is 4.54. The Morgan fingerprint density at radius 2 is 1.93 bits per heavy atom. The Kier molecular flexibility index (Phi) is 6.20. The predicted octanol–water partition coefficient (Wildman–Crippen LogP) is 2.66. The third-order valence-corrected chi connectivity index (χ3v) is 2.32. The van der Waals surface area contributed by atoms with Gasteiger partial charge in [-0.25, -0.2) is 0 Å². The number of ketones is 1. The Labute approximate surface area is 97.9 Å². The molecule has 0 spiro atoms. The Balaban J connectivity index is 0.000000583. The van der Waals surface area contributed by atoms with Crippen molar-refractivity contribution in [2.45, 2.75) is 20.8 Å². The highest BCUT2D eigenvalue weighted by molar-refractivity contribution is 9.10. The maximum Gasteiger partial charge on any atom is 0.160 e. The molecule has 0 saturated heterocycles. The summed E-state index contributed by atoms with van der Waals surface area (Å²) in [4.78, 5) is 11.0. The standard InChI is InChI=1S/C9H9BrO2.C2H6O/c1-5-3-7(6(2)11)8(10)4-9(5)12;1-2-3/h3-4,12H,1-2H3;3H,2H2,1H3. The lowest BCUT2D eigenvalue weighted by Crippen LogP contribution is -1.94. The second-order valence-electron chi connectivity index (χ2n) is 2.99. The van der Waals surface area contributed by atoms with Crippen LogP contribution in [0.3, 0.4) is 0 Å². The van der Waals surface area contributed by atoms with Crippen molar-refractivity contribution >= 4 is 21.7 Å². The van der Waals surface area contributed by atoms with Crippen molar-refractivity contribution < 1.29 is 15.0 Å². The van der Waals surface area contributed by atoms with Gasteiger partial charge in [0.2, 0.25) is 0 Å². The maximum absolute atomic E-state index is 11.0. The number of hydrogen-bond donors (Lipinski definition) is 2. The number of aromatic hydroxyl groups is 1. The van der Waals surface area contributed by atoms with Gasteiger partial charge in [0.1, 0.15) is 5.75 Å². The van der Waals surface area contributed by atoms with Crippen LogP contribution in [0.15, 0.2) is 16.6 Å². The Morgan fingerprint density at radius 3 is 2.33 bits per heavy atom. The molecular formula is C11H15BrO3. The van der Waals surface area contributed by atoms with E-state index in [0.29, 0.717) is 15.6 Å². The Morgan fingerprint density at radius 1 is 1.47 bits per heavy atom. The second-order valence-corrected chi connectivity index (χ2v) is 3.85. The number of carbonyl (C=O) groups is 1. The van der Waals surface area contributed by atoms with Crippen molar-refractivity contribution in [1.82, 2.24) is 0 Å². The van der Waals surface area contributed by atoms with E-state index in [2.05, 4.69) is 15.9 Å². The lowest BCUT2D eigenvalue weighted by molar-refractivity contribution is 0.101. The molecule has 0 saturated carbocycles. The minimum Gasteiger partial charge on any atom is -0.508 e. The summed E-state index contributed by atoms with van der Waals surface area (Å²) in [6.45, 7) is 5.19. The van der Waals surface area contributed by atoms with E-state index >= 15 is 0 Å². The number of hydrogen-bond acceptors (Lipinski definition) is 3. The van der Waals surface area contributed by atoms with Crippen LogP contribution < -0.4 is 0 Å². The van der Waals surface area contributed by atoms with Gasteiger partial charge in [0.15, 0.2) is 5.78 Å². The largest absolute Gasteiger partial charge is 0.508 e. The van der Waals surface area contributed by atoms with Crippen molar-refractivity contribution in [3.05, 3.63) is 27.7 Å². The first-order chi connectivity index (χ1) is 6.93. The fourth-order valence-corrected chi connectivity index (χ4v) is 1.55. The number of Topliss-reactive ketones (excluding diaryl/α,β-unsaturated/α-hetero) is 1. The molecule has 0 bridgehead atoms. The van der Waals surface area contributed by atoms with E-state index in [1.54, 1.807) is 19.9 Å². The van der Waals surface area contributed by atoms with E-state index in [1.165, 1.54) is 13.0 Å². The molecule has 2 N–H and O–H groups in total. The lowest BCUT2D eigenvalue weighted by Gasteiger charge is -2.03. The zero-order valence-corrected chi connectivity index (χ0v) is 10.6. The van der Waals surface area contributed by atoms with Crippen molar-refractivity contribution in [2.75, 3.05) is 6.61 Å². The van der Waals surface area contributed by atoms with Crippen molar-refractivity contribution in [2.24, 2.45) is 0 Å². The average molecular weight is 275 g/mol. The molecule has 1 aromatic carbocycles. The summed E-state index contributed by atoms with van der Waals surface area (Å²) in [5, 5.41) is 16.8. The number of phenolic OH excluding ortho intramolecular Hbond substituents is 1. The molecule has 0 unspecified atom stereocenters. The molecule has 0 fully saturated rings. The molecule has 3 nitrogen and oxygen atoms in total. The van der Waals surface area contributed by atoms with Gasteiger partial charge in [0.25, 0.3) is 0 Å². The van der Waals surface area contributed by atoms with Crippen LogP contribution in [0.5, 0.6) is 5.75 Å². The topological polar surface area (TPSA) is 57.5 Å². The number of halogens is 1. The highest BCUT2D eigenvalue weighted by atomic mass is 79.9. The van der Waals surface area contributed by atoms with Crippen LogP contribution in [-0.2, 0) is 0 Å². The smallest absolute Gasteiger partial charge is 0.160 e. The quantitative estimate of drug-likeness (QED) is 0.775. The minimum atomic E-state index is -0.00928. The van der Waals surface area contributed by atoms with Gasteiger partial charge in [-0.15, -0.1) is 0 Å². The molecule has 0 aromatic heterocycles. The molecule has 0 atom stereocenters. The van der Waals surface area contributed by atoms with Gasteiger partial charge in [-0.2, -0.15) is 0 Å². The molecule has 1 aromatic rings. The highest BCUT2D eigenvalue weighted by Gasteiger charge is 2.07. The number of phenols is 1. The number of carbonyl (C=O) groups excluding carboxylic acids is 1. The highest BCUT2D eigenvalue weighted by Crippen LogP contribution is 2.26. The normalized spacial score (nSPS) is 9.13. The van der Waals surface area contributed by atoms with E-state index in [0.717, 1.165) is 0 Å². The van der Waals surface area contributed by atoms with Gasteiger partial charge in [-0.3, -0.25) is 4.79 Å². The second kappa shape index (κ2) is 6.58. The average Bonchev–Trinajstić information content (AvgIpc) is 2.12. The number of aliphatic hydroxyl groups excluding tert-OH is 1. The number of rotatable bonds is 1. The summed E-state index contributed by atoms with van der Waals surface area (Å²) >= 11 is 3.20. The molecule has 0 aliphatic heterocycles. The molecule has 0 amide bonds. The first-order valence-corrected chi connectivity index (χ1v) is 5.34. The van der Waals surface area contributed by atoms with Crippen LogP contribution >= 0.6 is 15.9 Å². The predicted molar refractivity (Wildman–Crippen MR) is 63.3 cm³/mol. The molecular weight excluding hydrogens is 260 g/mol. The third-order valence-electron chi connectivity index (χ3n) is 1.66. The van der Waals surface area contributed by atoms with E-state index in [-0.39, 0.29) is 18.1 Å². The van der Waals surface area contributed by atoms with Crippen molar-refractivity contribution in [3.63, 3.8) is 0 Å². The van der Waals surface area contributed by atoms with Crippen molar-refractivity contribution in [3.8, 4) is 5.75 Å². The summed E-state index contributed by atoms with van der Waals surface area (Å²) in [6, 6.07) is 3.20. The van der Waals surface area contributed by atoms with E-state index in [1.807, 2.05) is 0 Å². The lowest BCUT2D eigenvalue weighted by atomic mass is 10.1. The fourth-order valence-electron chi connectivity index (χ4n) is 0.941. The van der Waals surface area contributed by atoms with Crippen LogP contribution in [-0.4, -0.2) is 22.6 Å². The monoisotopic (exact) mass is 274 g/mol. The minimum absolute atomic E-state index is 0.00928. The van der Waals surface area contributed by atoms with Gasteiger partial charge in [-0.05, 0) is 54.4 Å². The Hall–Kier alpha value is -0.870. The first kappa shape index (κ1) is 14.1. The van der Waals surface area contributed by atoms with Crippen LogP contribution in [0.2, 0.25) is 0 Å². The number of aryl methyl sites for hydroxylation is 1. The van der Waals surface area contributed by atoms with E-state index in [9.17, 15) is 9.90 Å². The van der Waals surface area contributed by atoms with E-state index in [4.69, 9.17) is 5.11 Å². The summed E-state index contributed by atoms with van der Waals surface area (Å²) in [7, 11) is 0. The Bertz CT molecular complexity index is 348. The zero-order valence-electron chi connectivity index (χ0n) is 9.04. The molecule has 0 heterocycles.